The van der Waals surface area contributed by atoms with Crippen LogP contribution >= 0.6 is 11.6 Å². The highest BCUT2D eigenvalue weighted by Crippen LogP contribution is 2.41. The highest BCUT2D eigenvalue weighted by molar-refractivity contribution is 6.30. The number of nitrogens with zero attached hydrogens (tertiary/aromatic N) is 1. The first-order chi connectivity index (χ1) is 15.7. The molecule has 0 radical (unpaired) electrons. The number of amides is 1. The summed E-state index contributed by atoms with van der Waals surface area (Å²) in [6, 6.07) is 16.3. The first-order valence-corrected chi connectivity index (χ1v) is 12.0. The van der Waals surface area contributed by atoms with Gasteiger partial charge in [0.25, 0.3) is 6.47 Å². The lowest BCUT2D eigenvalue weighted by molar-refractivity contribution is -0.123. The third-order valence-electron chi connectivity index (χ3n) is 6.23. The molecular formula is C27H39ClN2O3. The van der Waals surface area contributed by atoms with Crippen molar-refractivity contribution < 1.29 is 14.7 Å². The molecule has 33 heavy (non-hydrogen) atoms. The van der Waals surface area contributed by atoms with Gasteiger partial charge < -0.3 is 15.7 Å². The molecule has 1 fully saturated rings. The second-order valence-electron chi connectivity index (χ2n) is 8.79. The third-order valence-corrected chi connectivity index (χ3v) is 6.47. The van der Waals surface area contributed by atoms with Crippen molar-refractivity contribution in [3.05, 3.63) is 64.7 Å². The fraction of sp³-hybridized carbons (Fsp3) is 0.481. The molecule has 1 aliphatic carbocycles. The Labute approximate surface area is 203 Å². The second-order valence-corrected chi connectivity index (χ2v) is 9.23. The summed E-state index contributed by atoms with van der Waals surface area (Å²) in [6.07, 6.45) is 5.94. The van der Waals surface area contributed by atoms with Gasteiger partial charge in [-0.05, 0) is 74.8 Å². The van der Waals surface area contributed by atoms with E-state index in [2.05, 4.69) is 26.0 Å². The number of benzene rings is 2. The zero-order valence-corrected chi connectivity index (χ0v) is 21.1. The van der Waals surface area contributed by atoms with Gasteiger partial charge in [-0.15, -0.1) is 0 Å². The molecule has 0 atom stereocenters. The molecule has 6 heteroatoms. The summed E-state index contributed by atoms with van der Waals surface area (Å²) in [5.41, 5.74) is 9.74. The topological polar surface area (TPSA) is 83.6 Å². The predicted octanol–water partition coefficient (Wildman–Crippen LogP) is 6.21. The number of halogens is 1. The summed E-state index contributed by atoms with van der Waals surface area (Å²) in [5.74, 6) is 0.953. The van der Waals surface area contributed by atoms with Gasteiger partial charge in [0.2, 0.25) is 5.91 Å². The van der Waals surface area contributed by atoms with Crippen LogP contribution in [0.5, 0.6) is 0 Å². The van der Waals surface area contributed by atoms with E-state index in [1.807, 2.05) is 43.3 Å². The predicted molar refractivity (Wildman–Crippen MR) is 138 cm³/mol. The number of hydrogen-bond acceptors (Lipinski definition) is 3. The van der Waals surface area contributed by atoms with E-state index in [4.69, 9.17) is 27.2 Å². The van der Waals surface area contributed by atoms with Crippen LogP contribution in [0.15, 0.2) is 48.5 Å². The van der Waals surface area contributed by atoms with Crippen LogP contribution in [-0.4, -0.2) is 30.6 Å². The van der Waals surface area contributed by atoms with Crippen LogP contribution < -0.4 is 10.6 Å². The summed E-state index contributed by atoms with van der Waals surface area (Å²) in [6.45, 7) is 9.33. The number of carbonyl (C=O) groups is 2. The zero-order valence-electron chi connectivity index (χ0n) is 20.4. The summed E-state index contributed by atoms with van der Waals surface area (Å²) < 4.78 is 0. The van der Waals surface area contributed by atoms with E-state index in [0.29, 0.717) is 0 Å². The van der Waals surface area contributed by atoms with Crippen molar-refractivity contribution in [2.45, 2.75) is 65.2 Å². The molecule has 1 saturated carbocycles. The fourth-order valence-corrected chi connectivity index (χ4v) is 4.35. The quantitative estimate of drug-likeness (QED) is 0.505. The van der Waals surface area contributed by atoms with Crippen molar-refractivity contribution >= 4 is 29.7 Å². The second kappa shape index (κ2) is 14.7. The smallest absolute Gasteiger partial charge is 0.290 e. The van der Waals surface area contributed by atoms with Crippen LogP contribution in [0.25, 0.3) is 0 Å². The normalized spacial score (nSPS) is 19.3. The van der Waals surface area contributed by atoms with Crippen molar-refractivity contribution in [2.24, 2.45) is 11.7 Å². The van der Waals surface area contributed by atoms with Gasteiger partial charge in [-0.3, -0.25) is 9.59 Å². The molecule has 5 nitrogen and oxygen atoms in total. The lowest BCUT2D eigenvalue weighted by atomic mass is 9.67. The molecule has 1 aliphatic rings. The van der Waals surface area contributed by atoms with Crippen LogP contribution in [0.3, 0.4) is 0 Å². The first-order valence-electron chi connectivity index (χ1n) is 11.6. The molecule has 0 aliphatic heterocycles. The van der Waals surface area contributed by atoms with Gasteiger partial charge in [-0.25, -0.2) is 0 Å². The largest absolute Gasteiger partial charge is 0.483 e. The number of anilines is 1. The molecule has 2 aromatic carbocycles. The molecule has 0 spiro atoms. The summed E-state index contributed by atoms with van der Waals surface area (Å²) >= 11 is 6.07. The van der Waals surface area contributed by atoms with Crippen molar-refractivity contribution in [3.8, 4) is 0 Å². The lowest BCUT2D eigenvalue weighted by Gasteiger charge is -2.39. The lowest BCUT2D eigenvalue weighted by Crippen LogP contribution is -2.38. The van der Waals surface area contributed by atoms with Crippen LogP contribution in [0.2, 0.25) is 5.02 Å². The Bertz CT molecular complexity index is 847. The number of rotatable bonds is 5. The number of hydrogen-bond donors (Lipinski definition) is 2. The molecule has 0 saturated heterocycles. The maximum atomic E-state index is 11.3. The molecular weight excluding hydrogens is 436 g/mol. The average Bonchev–Trinajstić information content (AvgIpc) is 2.80. The van der Waals surface area contributed by atoms with E-state index in [1.165, 1.54) is 36.8 Å². The molecule has 0 bridgehead atoms. The van der Waals surface area contributed by atoms with E-state index in [1.54, 1.807) is 11.8 Å². The van der Waals surface area contributed by atoms with Crippen LogP contribution in [0.1, 0.15) is 64.0 Å². The Kier molecular flexibility index (Phi) is 12.8. The minimum absolute atomic E-state index is 0.107. The monoisotopic (exact) mass is 474 g/mol. The van der Waals surface area contributed by atoms with E-state index in [9.17, 15) is 4.79 Å². The Balaban J connectivity index is 0.000000298. The molecule has 2 aromatic rings. The molecule has 0 unspecified atom stereocenters. The van der Waals surface area contributed by atoms with Gasteiger partial charge in [-0.2, -0.15) is 0 Å². The van der Waals surface area contributed by atoms with E-state index in [0.717, 1.165) is 36.1 Å². The first kappa shape index (κ1) is 28.7. The average molecular weight is 475 g/mol. The Morgan fingerprint density at radius 1 is 1.21 bits per heavy atom. The molecule has 3 N–H and O–H groups in total. The van der Waals surface area contributed by atoms with Crippen LogP contribution in [0.4, 0.5) is 5.69 Å². The van der Waals surface area contributed by atoms with Gasteiger partial charge in [0.1, 0.15) is 0 Å². The standard InChI is InChI=1S/C14H20ClN.C12H17NO.CH2O2/c1-11-5-7-14(10-16,8-6-11)12-3-2-4-13(15)9-12;1-4-9-13(11(3)14)12-7-5-10(2)6-8-12;2-1-3/h2-4,9,11H,5-8,10,16H2,1H3;5-8H,4,9H2,1-3H3;1H,(H,2,3). The van der Waals surface area contributed by atoms with E-state index in [-0.39, 0.29) is 17.8 Å². The van der Waals surface area contributed by atoms with E-state index >= 15 is 0 Å². The zero-order chi connectivity index (χ0) is 24.9. The van der Waals surface area contributed by atoms with Gasteiger partial charge in [0, 0.05) is 36.1 Å². The van der Waals surface area contributed by atoms with Gasteiger partial charge in [0.05, 0.1) is 0 Å². The SMILES string of the molecule is CC1CCC(CN)(c2cccc(Cl)c2)CC1.CCCN(C(C)=O)c1ccc(C)cc1.O=CO. The summed E-state index contributed by atoms with van der Waals surface area (Å²) in [5, 5.41) is 7.71. The Morgan fingerprint density at radius 2 is 1.79 bits per heavy atom. The molecule has 182 valence electrons. The van der Waals surface area contributed by atoms with E-state index < -0.39 is 0 Å². The van der Waals surface area contributed by atoms with Gasteiger partial charge in [0.15, 0.2) is 0 Å². The maximum absolute atomic E-state index is 11.3. The van der Waals surface area contributed by atoms with Crippen molar-refractivity contribution in [3.63, 3.8) is 0 Å². The van der Waals surface area contributed by atoms with Crippen LogP contribution in [0, 0.1) is 12.8 Å². The summed E-state index contributed by atoms with van der Waals surface area (Å²) in [4.78, 5) is 21.5. The highest BCUT2D eigenvalue weighted by atomic mass is 35.5. The molecule has 3 rings (SSSR count). The van der Waals surface area contributed by atoms with Gasteiger partial charge >= 0.3 is 0 Å². The van der Waals surface area contributed by atoms with Crippen molar-refractivity contribution in [1.29, 1.82) is 0 Å². The van der Waals surface area contributed by atoms with Gasteiger partial charge in [-0.1, -0.05) is 55.3 Å². The minimum Gasteiger partial charge on any atom is -0.483 e. The fourth-order valence-electron chi connectivity index (χ4n) is 4.16. The number of nitrogens with two attached hydrogens (primary N) is 1. The third kappa shape index (κ3) is 9.18. The Hall–Kier alpha value is -2.37. The highest BCUT2D eigenvalue weighted by Gasteiger charge is 2.34. The van der Waals surface area contributed by atoms with Crippen LogP contribution in [-0.2, 0) is 15.0 Å². The number of aryl methyl sites for hydroxylation is 1. The minimum atomic E-state index is -0.250. The molecule has 0 aromatic heterocycles. The number of carbonyl (C=O) groups excluding carboxylic acids is 1. The van der Waals surface area contributed by atoms with Crippen molar-refractivity contribution in [2.75, 3.05) is 18.0 Å². The Morgan fingerprint density at radius 3 is 2.24 bits per heavy atom. The maximum Gasteiger partial charge on any atom is 0.290 e. The molecule has 1 amide bonds. The number of carboxylic acid groups (broad SMARTS) is 1. The van der Waals surface area contributed by atoms with Crippen molar-refractivity contribution in [1.82, 2.24) is 0 Å². The summed E-state index contributed by atoms with van der Waals surface area (Å²) in [7, 11) is 0. The molecule has 0 heterocycles.